The van der Waals surface area contributed by atoms with Crippen LogP contribution in [0.5, 0.6) is 0 Å². The van der Waals surface area contributed by atoms with Gasteiger partial charge in [-0.25, -0.2) is 9.59 Å². The zero-order chi connectivity index (χ0) is 42.9. The molecule has 11 nitrogen and oxygen atoms in total. The zero-order valence-electron chi connectivity index (χ0n) is 36.5. The molecule has 0 radical (unpaired) electrons. The third kappa shape index (κ3) is 18.3. The van der Waals surface area contributed by atoms with E-state index in [0.29, 0.717) is 12.8 Å². The summed E-state index contributed by atoms with van der Waals surface area (Å²) in [4.78, 5) is 67.3. The Kier molecular flexibility index (Phi) is 19.9. The zero-order valence-corrected chi connectivity index (χ0v) is 36.5. The van der Waals surface area contributed by atoms with Crippen molar-refractivity contribution in [1.29, 1.82) is 0 Å². The molecule has 0 aromatic heterocycles. The van der Waals surface area contributed by atoms with E-state index in [1.165, 1.54) is 5.56 Å². The highest BCUT2D eigenvalue weighted by molar-refractivity contribution is 5.94. The van der Waals surface area contributed by atoms with Gasteiger partial charge in [-0.05, 0) is 96.4 Å². The number of nitrogens with zero attached hydrogens (tertiary/aromatic N) is 1. The number of carboxylic acids is 1. The molecule has 0 spiro atoms. The molecular formula is C46H71N3O8. The van der Waals surface area contributed by atoms with Gasteiger partial charge < -0.3 is 30.1 Å². The molecule has 0 saturated heterocycles. The number of aliphatic carboxylic acids is 1. The Morgan fingerprint density at radius 2 is 1.25 bits per heavy atom. The number of ether oxygens (including phenoxy) is 2. The minimum absolute atomic E-state index is 0.220. The Hall–Kier alpha value is -4.25. The van der Waals surface area contributed by atoms with Crippen molar-refractivity contribution >= 4 is 29.7 Å². The number of benzene rings is 2. The number of carbonyl (C=O) groups excluding carboxylic acids is 4. The molecule has 5 atom stereocenters. The van der Waals surface area contributed by atoms with Crippen molar-refractivity contribution in [1.82, 2.24) is 15.5 Å². The van der Waals surface area contributed by atoms with E-state index < -0.39 is 70.9 Å². The number of carboxylic acid groups (broad SMARTS) is 1. The monoisotopic (exact) mass is 794 g/mol. The smallest absolute Gasteiger partial charge is 0.410 e. The molecule has 0 fully saturated rings. The van der Waals surface area contributed by atoms with Gasteiger partial charge in [0.25, 0.3) is 0 Å². The fourth-order valence-corrected chi connectivity index (χ4v) is 6.38. The fraction of sp³-hybridized carbons (Fsp3) is 0.630. The molecule has 2 aromatic carbocycles. The second-order valence-electron chi connectivity index (χ2n) is 17.5. The van der Waals surface area contributed by atoms with E-state index in [2.05, 4.69) is 41.8 Å². The van der Waals surface area contributed by atoms with Gasteiger partial charge in [0, 0.05) is 31.3 Å². The van der Waals surface area contributed by atoms with E-state index in [1.54, 1.807) is 25.7 Å². The first-order chi connectivity index (χ1) is 26.6. The molecule has 0 aliphatic heterocycles. The van der Waals surface area contributed by atoms with E-state index in [4.69, 9.17) is 9.47 Å². The van der Waals surface area contributed by atoms with Crippen LogP contribution < -0.4 is 10.6 Å². The number of carbonyl (C=O) groups is 5. The maximum Gasteiger partial charge on any atom is 0.410 e. The normalized spacial score (nSPS) is 14.4. The van der Waals surface area contributed by atoms with Crippen molar-refractivity contribution in [2.45, 2.75) is 170 Å². The number of nitrogens with one attached hydrogen (secondary N) is 2. The van der Waals surface area contributed by atoms with Crippen LogP contribution in [-0.2, 0) is 41.6 Å². The van der Waals surface area contributed by atoms with Gasteiger partial charge in [0.2, 0.25) is 11.8 Å². The van der Waals surface area contributed by atoms with Gasteiger partial charge >= 0.3 is 12.1 Å². The van der Waals surface area contributed by atoms with Crippen LogP contribution in [0.2, 0.25) is 0 Å². The fourth-order valence-electron chi connectivity index (χ4n) is 6.38. The van der Waals surface area contributed by atoms with Gasteiger partial charge in [-0.2, -0.15) is 0 Å². The first-order valence-corrected chi connectivity index (χ1v) is 20.8. The number of aryl methyl sites for hydroxylation is 1. The summed E-state index contributed by atoms with van der Waals surface area (Å²) in [7, 11) is 0. The SMILES string of the molecule is CCCCC[C@H](NC(=O)[C@H](C)CC(=O)[C@@H](NC(=O)[C@@H](C)CCN(Cc1ccc(-c2ccc(CCCC)cc2)cc1)C(=O)OC(C)(C)C)[C@@H](C)OC(C)(C)C)C(=O)O. The third-order valence-corrected chi connectivity index (χ3v) is 9.68. The molecule has 3 N–H and O–H groups in total. The van der Waals surface area contributed by atoms with Gasteiger partial charge in [0.15, 0.2) is 5.78 Å². The molecule has 11 heteroatoms. The quantitative estimate of drug-likeness (QED) is 0.0945. The number of rotatable bonds is 23. The maximum absolute atomic E-state index is 13.8. The van der Waals surface area contributed by atoms with Crippen LogP contribution in [0.25, 0.3) is 11.1 Å². The molecule has 0 heterocycles. The summed E-state index contributed by atoms with van der Waals surface area (Å²) in [6.07, 6.45) is 4.95. The molecule has 0 bridgehead atoms. The molecule has 0 saturated carbocycles. The molecule has 3 amide bonds. The summed E-state index contributed by atoms with van der Waals surface area (Å²) in [5.41, 5.74) is 3.07. The number of hydrogen-bond acceptors (Lipinski definition) is 7. The largest absolute Gasteiger partial charge is 0.480 e. The van der Waals surface area contributed by atoms with E-state index >= 15 is 0 Å². The first-order valence-electron chi connectivity index (χ1n) is 20.8. The highest BCUT2D eigenvalue weighted by Crippen LogP contribution is 2.23. The highest BCUT2D eigenvalue weighted by Gasteiger charge is 2.34. The van der Waals surface area contributed by atoms with Crippen LogP contribution in [0.4, 0.5) is 4.79 Å². The van der Waals surface area contributed by atoms with Crippen LogP contribution in [0.15, 0.2) is 48.5 Å². The first kappa shape index (κ1) is 48.9. The summed E-state index contributed by atoms with van der Waals surface area (Å²) >= 11 is 0. The van der Waals surface area contributed by atoms with Crippen LogP contribution in [0.3, 0.4) is 0 Å². The van der Waals surface area contributed by atoms with E-state index in [9.17, 15) is 29.1 Å². The molecule has 0 aliphatic rings. The number of hydrogen-bond donors (Lipinski definition) is 3. The summed E-state index contributed by atoms with van der Waals surface area (Å²) in [6, 6.07) is 14.6. The van der Waals surface area contributed by atoms with Crippen molar-refractivity contribution in [3.8, 4) is 11.1 Å². The topological polar surface area (TPSA) is 151 Å². The lowest BCUT2D eigenvalue weighted by Gasteiger charge is -2.32. The molecule has 57 heavy (non-hydrogen) atoms. The number of amides is 3. The Morgan fingerprint density at radius 1 is 0.702 bits per heavy atom. The molecule has 0 unspecified atom stereocenters. The summed E-state index contributed by atoms with van der Waals surface area (Å²) < 4.78 is 11.9. The number of Topliss-reactive ketones (excluding diaryl/α,β-unsaturated/α-hetero) is 1. The lowest BCUT2D eigenvalue weighted by atomic mass is 9.95. The van der Waals surface area contributed by atoms with Gasteiger partial charge in [0.05, 0.1) is 11.7 Å². The van der Waals surface area contributed by atoms with Crippen LogP contribution >= 0.6 is 0 Å². The minimum Gasteiger partial charge on any atom is -0.480 e. The van der Waals surface area contributed by atoms with Crippen molar-refractivity contribution in [2.24, 2.45) is 11.8 Å². The van der Waals surface area contributed by atoms with Crippen molar-refractivity contribution in [3.63, 3.8) is 0 Å². The second kappa shape index (κ2) is 23.2. The predicted octanol–water partition coefficient (Wildman–Crippen LogP) is 8.89. The van der Waals surface area contributed by atoms with Gasteiger partial charge in [0.1, 0.15) is 17.7 Å². The van der Waals surface area contributed by atoms with Crippen molar-refractivity contribution in [3.05, 3.63) is 59.7 Å². The molecular weight excluding hydrogens is 723 g/mol. The Balaban J connectivity index is 2.18. The minimum atomic E-state index is -1.12. The predicted molar refractivity (Wildman–Crippen MR) is 226 cm³/mol. The van der Waals surface area contributed by atoms with Gasteiger partial charge in [-0.1, -0.05) is 102 Å². The van der Waals surface area contributed by atoms with E-state index in [0.717, 1.165) is 48.8 Å². The Bertz CT molecular complexity index is 1580. The van der Waals surface area contributed by atoms with Crippen molar-refractivity contribution in [2.75, 3.05) is 6.54 Å². The number of ketones is 1. The lowest BCUT2D eigenvalue weighted by Crippen LogP contribution is -2.52. The Labute approximate surface area is 342 Å². The molecule has 0 aliphatic carbocycles. The molecule has 2 aromatic rings. The Morgan fingerprint density at radius 3 is 1.75 bits per heavy atom. The van der Waals surface area contributed by atoms with Crippen LogP contribution in [0, 0.1) is 11.8 Å². The standard InChI is InChI=1S/C46H71N3O8/c1-12-14-16-18-38(43(53)54)47-42(52)32(4)29-39(50)40(33(5)56-45(6,7)8)48-41(51)31(3)27-28-49(44(55)57-46(9,10)11)30-35-21-25-37(26-22-35)36-23-19-34(20-24-36)17-15-13-2/h19-26,31-33,38,40H,12-18,27-30H2,1-11H3,(H,47,52)(H,48,51)(H,53,54)/t31-,32+,33+,38-,40-/m0/s1. The van der Waals surface area contributed by atoms with E-state index in [1.807, 2.05) is 72.7 Å². The van der Waals surface area contributed by atoms with Gasteiger partial charge in [-0.15, -0.1) is 0 Å². The van der Waals surface area contributed by atoms with Crippen LogP contribution in [-0.4, -0.2) is 75.6 Å². The summed E-state index contributed by atoms with van der Waals surface area (Å²) in [6.45, 7) is 20.7. The van der Waals surface area contributed by atoms with Gasteiger partial charge in [-0.3, -0.25) is 14.4 Å². The van der Waals surface area contributed by atoms with Crippen molar-refractivity contribution < 1.29 is 38.6 Å². The average Bonchev–Trinajstić information content (AvgIpc) is 3.12. The third-order valence-electron chi connectivity index (χ3n) is 9.68. The summed E-state index contributed by atoms with van der Waals surface area (Å²) in [5.74, 6) is -3.90. The second-order valence-corrected chi connectivity index (χ2v) is 17.5. The summed E-state index contributed by atoms with van der Waals surface area (Å²) in [5, 5.41) is 15.1. The molecule has 2 rings (SSSR count). The van der Waals surface area contributed by atoms with E-state index in [-0.39, 0.29) is 25.9 Å². The van der Waals surface area contributed by atoms with Crippen LogP contribution in [0.1, 0.15) is 139 Å². The highest BCUT2D eigenvalue weighted by atomic mass is 16.6. The maximum atomic E-state index is 13.8. The number of unbranched alkanes of at least 4 members (excludes halogenated alkanes) is 3. The average molecular weight is 794 g/mol. The molecule has 318 valence electrons. The lowest BCUT2D eigenvalue weighted by molar-refractivity contribution is -0.143.